The first-order valence-electron chi connectivity index (χ1n) is 13.6. The number of hydrogen-bond acceptors (Lipinski definition) is 7. The van der Waals surface area contributed by atoms with E-state index < -0.39 is 11.4 Å². The highest BCUT2D eigenvalue weighted by atomic mass is 79.9. The molecule has 4 aliphatic heterocycles. The lowest BCUT2D eigenvalue weighted by Crippen LogP contribution is -2.57. The average molecular weight is 592 g/mol. The van der Waals surface area contributed by atoms with E-state index in [1.807, 2.05) is 38.7 Å². The fourth-order valence-corrected chi connectivity index (χ4v) is 7.48. The summed E-state index contributed by atoms with van der Waals surface area (Å²) < 4.78 is 33.8. The largest absolute Gasteiger partial charge is 0.463 e. The molecule has 1 aliphatic carbocycles. The Hall–Kier alpha value is -2.20. The number of benzene rings is 1. The van der Waals surface area contributed by atoms with E-state index in [0.29, 0.717) is 48.4 Å². The van der Waals surface area contributed by atoms with E-state index >= 15 is 4.39 Å². The number of hydrogen-bond donors (Lipinski definition) is 0. The van der Waals surface area contributed by atoms with Gasteiger partial charge in [-0.05, 0) is 87.4 Å². The second-order valence-corrected chi connectivity index (χ2v) is 13.6. The highest BCUT2D eigenvalue weighted by molar-refractivity contribution is 9.10. The summed E-state index contributed by atoms with van der Waals surface area (Å²) in [5.74, 6) is 0.257. The van der Waals surface area contributed by atoms with Gasteiger partial charge in [-0.15, -0.1) is 0 Å². The fraction of sp³-hybridized carbons (Fsp3) is 0.679. The number of nitrogens with zero attached hydrogens (tertiary/aromatic N) is 4. The molecule has 7 rings (SSSR count). The quantitative estimate of drug-likeness (QED) is 0.446. The maximum atomic E-state index is 15.6. The fourth-order valence-electron chi connectivity index (χ4n) is 6.90. The summed E-state index contributed by atoms with van der Waals surface area (Å²) in [5.41, 5.74) is 0.497. The van der Waals surface area contributed by atoms with Gasteiger partial charge in [0.2, 0.25) is 0 Å². The third-order valence-electron chi connectivity index (χ3n) is 8.41. The first kappa shape index (κ1) is 26.0. The summed E-state index contributed by atoms with van der Waals surface area (Å²) in [4.78, 5) is 26.5. The highest BCUT2D eigenvalue weighted by Crippen LogP contribution is 2.57. The zero-order chi connectivity index (χ0) is 27.0. The maximum Gasteiger partial charge on any atom is 0.410 e. The standard InChI is InChI=1S/C28H36BrFN4O4/c1-6-16-9-19-22(21(30)20(16)29)31-24(36-14-28-12-27(5,13-28)37-15-28)32-23(19)33-10-17-7-8-18(11-33)34(17)25(35)38-26(2,3)4/h9,17-18H,6-8,10-15H2,1-5H3. The van der Waals surface area contributed by atoms with Crippen LogP contribution in [0.5, 0.6) is 6.01 Å². The summed E-state index contributed by atoms with van der Waals surface area (Å²) in [7, 11) is 0. The second kappa shape index (κ2) is 8.91. The normalized spacial score (nSPS) is 30.1. The van der Waals surface area contributed by atoms with E-state index in [0.717, 1.165) is 31.2 Å². The minimum absolute atomic E-state index is 0.00565. The molecule has 5 fully saturated rings. The molecular weight excluding hydrogens is 555 g/mol. The van der Waals surface area contributed by atoms with Gasteiger partial charge in [0, 0.05) is 23.9 Å². The van der Waals surface area contributed by atoms with Crippen molar-refractivity contribution in [3.8, 4) is 6.01 Å². The van der Waals surface area contributed by atoms with Crippen molar-refractivity contribution in [1.29, 1.82) is 0 Å². The van der Waals surface area contributed by atoms with Crippen molar-refractivity contribution in [2.45, 2.75) is 90.0 Å². The Kier molecular flexibility index (Phi) is 6.11. The van der Waals surface area contributed by atoms with Gasteiger partial charge >= 0.3 is 12.1 Å². The minimum Gasteiger partial charge on any atom is -0.463 e. The predicted octanol–water partition coefficient (Wildman–Crippen LogP) is 5.63. The summed E-state index contributed by atoms with van der Waals surface area (Å²) in [5, 5.41) is 0.665. The number of ether oxygens (including phenoxy) is 3. The van der Waals surface area contributed by atoms with Crippen molar-refractivity contribution >= 4 is 38.7 Å². The van der Waals surface area contributed by atoms with E-state index in [1.165, 1.54) is 0 Å². The van der Waals surface area contributed by atoms with Crippen LogP contribution < -0.4 is 9.64 Å². The molecule has 10 heteroatoms. The zero-order valence-electron chi connectivity index (χ0n) is 22.8. The molecule has 0 spiro atoms. The lowest BCUT2D eigenvalue weighted by molar-refractivity contribution is -0.00933. The molecule has 5 heterocycles. The predicted molar refractivity (Wildman–Crippen MR) is 145 cm³/mol. The van der Waals surface area contributed by atoms with Crippen molar-refractivity contribution in [1.82, 2.24) is 14.9 Å². The molecule has 0 N–H and O–H groups in total. The van der Waals surface area contributed by atoms with Gasteiger partial charge in [0.15, 0.2) is 5.82 Å². The minimum atomic E-state index is -0.550. The first-order chi connectivity index (χ1) is 17.9. The van der Waals surface area contributed by atoms with Crippen molar-refractivity contribution in [3.63, 3.8) is 0 Å². The SMILES string of the molecule is CCc1cc2c(N3CC4CCC(C3)N4C(=O)OC(C)(C)C)nc(OCC34COC(C)(C3)C4)nc2c(F)c1Br. The lowest BCUT2D eigenvalue weighted by atomic mass is 9.64. The molecule has 0 radical (unpaired) electrons. The molecule has 1 aromatic heterocycles. The molecule has 8 nitrogen and oxygen atoms in total. The van der Waals surface area contributed by atoms with Gasteiger partial charge in [-0.3, -0.25) is 4.90 Å². The smallest absolute Gasteiger partial charge is 0.410 e. The lowest BCUT2D eigenvalue weighted by Gasteiger charge is -2.42. The van der Waals surface area contributed by atoms with Crippen LogP contribution in [0.3, 0.4) is 0 Å². The van der Waals surface area contributed by atoms with Crippen molar-refractivity contribution in [2.24, 2.45) is 5.41 Å². The van der Waals surface area contributed by atoms with Gasteiger partial charge in [-0.1, -0.05) is 6.92 Å². The maximum absolute atomic E-state index is 15.6. The molecule has 2 unspecified atom stereocenters. The van der Waals surface area contributed by atoms with Crippen molar-refractivity contribution in [3.05, 3.63) is 21.9 Å². The monoisotopic (exact) mass is 590 g/mol. The number of halogens is 2. The van der Waals surface area contributed by atoms with E-state index in [1.54, 1.807) is 0 Å². The molecule has 2 aromatic rings. The Morgan fingerprint density at radius 3 is 2.50 bits per heavy atom. The number of anilines is 1. The molecule has 1 aromatic carbocycles. The molecule has 38 heavy (non-hydrogen) atoms. The third-order valence-corrected chi connectivity index (χ3v) is 9.26. The summed E-state index contributed by atoms with van der Waals surface area (Å²) >= 11 is 3.43. The van der Waals surface area contributed by atoms with Crippen LogP contribution in [0.15, 0.2) is 10.5 Å². The van der Waals surface area contributed by atoms with E-state index in [-0.39, 0.29) is 40.7 Å². The van der Waals surface area contributed by atoms with Crippen LogP contribution in [0.25, 0.3) is 10.9 Å². The molecule has 2 atom stereocenters. The van der Waals surface area contributed by atoms with Crippen molar-refractivity contribution < 1.29 is 23.4 Å². The van der Waals surface area contributed by atoms with Gasteiger partial charge in [0.1, 0.15) is 16.9 Å². The first-order valence-corrected chi connectivity index (χ1v) is 14.4. The average Bonchev–Trinajstić information content (AvgIpc) is 3.44. The molecule has 4 bridgehead atoms. The number of carbonyl (C=O) groups is 1. The van der Waals surface area contributed by atoms with Gasteiger partial charge in [-0.25, -0.2) is 9.18 Å². The van der Waals surface area contributed by atoms with Crippen LogP contribution in [0, 0.1) is 11.2 Å². The molecule has 1 amide bonds. The van der Waals surface area contributed by atoms with Crippen LogP contribution in [0.4, 0.5) is 15.0 Å². The number of amides is 1. The van der Waals surface area contributed by atoms with E-state index in [2.05, 4.69) is 32.7 Å². The van der Waals surface area contributed by atoms with Gasteiger partial charge < -0.3 is 19.1 Å². The van der Waals surface area contributed by atoms with Crippen LogP contribution in [-0.4, -0.2) is 70.6 Å². The summed E-state index contributed by atoms with van der Waals surface area (Å²) in [6, 6.07) is 2.17. The number of aryl methyl sites for hydroxylation is 1. The number of fused-ring (bicyclic) bond motifs is 4. The Morgan fingerprint density at radius 2 is 1.92 bits per heavy atom. The highest BCUT2D eigenvalue weighted by Gasteiger charge is 2.60. The van der Waals surface area contributed by atoms with Gasteiger partial charge in [0.05, 0.1) is 35.4 Å². The van der Waals surface area contributed by atoms with Crippen LogP contribution in [0.2, 0.25) is 0 Å². The Balaban J connectivity index is 1.33. The molecule has 4 saturated heterocycles. The molecule has 5 aliphatic rings. The topological polar surface area (TPSA) is 77.0 Å². The van der Waals surface area contributed by atoms with Crippen LogP contribution >= 0.6 is 15.9 Å². The Morgan fingerprint density at radius 1 is 1.24 bits per heavy atom. The summed E-state index contributed by atoms with van der Waals surface area (Å²) in [6.07, 6.45) is 4.11. The zero-order valence-corrected chi connectivity index (χ0v) is 24.4. The van der Waals surface area contributed by atoms with Crippen molar-refractivity contribution in [2.75, 3.05) is 31.2 Å². The number of aromatic nitrogens is 2. The molecular formula is C28H36BrFN4O4. The summed E-state index contributed by atoms with van der Waals surface area (Å²) in [6.45, 7) is 12.1. The van der Waals surface area contributed by atoms with Gasteiger partial charge in [-0.2, -0.15) is 9.97 Å². The number of rotatable bonds is 5. The van der Waals surface area contributed by atoms with Crippen LogP contribution in [-0.2, 0) is 15.9 Å². The van der Waals surface area contributed by atoms with E-state index in [9.17, 15) is 4.79 Å². The second-order valence-electron chi connectivity index (χ2n) is 12.8. The van der Waals surface area contributed by atoms with Crippen LogP contribution in [0.1, 0.15) is 65.9 Å². The molecule has 1 saturated carbocycles. The Labute approximate surface area is 231 Å². The number of carbonyl (C=O) groups excluding carboxylic acids is 1. The number of piperazine rings is 1. The molecule has 206 valence electrons. The van der Waals surface area contributed by atoms with E-state index in [4.69, 9.17) is 19.2 Å². The van der Waals surface area contributed by atoms with Gasteiger partial charge in [0.25, 0.3) is 0 Å². The third kappa shape index (κ3) is 4.41. The Bertz CT molecular complexity index is 1280.